The van der Waals surface area contributed by atoms with Gasteiger partial charge in [0.2, 0.25) is 0 Å². The average Bonchev–Trinajstić information content (AvgIpc) is 2.93. The predicted molar refractivity (Wildman–Crippen MR) is 175 cm³/mol. The highest BCUT2D eigenvalue weighted by atomic mass is 16.3. The Kier molecular flexibility index (Phi) is 1900. The Hall–Kier alpha value is -3.02. The lowest BCUT2D eigenvalue weighted by Crippen LogP contribution is -1.85. The topological polar surface area (TPSA) is 80.9 Å². The monoisotopic (exact) mass is 502 g/mol. The van der Waals surface area contributed by atoms with Crippen LogP contribution in [-0.4, -0.2) is 46.9 Å². The Labute approximate surface area is 223 Å². The Morgan fingerprint density at radius 2 is 0.343 bits per heavy atom. The van der Waals surface area contributed by atoms with Gasteiger partial charge >= 0.3 is 0 Å². The molecule has 0 aromatic heterocycles. The van der Waals surface area contributed by atoms with E-state index in [1.165, 1.54) is 0 Å². The zero-order valence-corrected chi connectivity index (χ0v) is 24.5. The lowest BCUT2D eigenvalue weighted by atomic mass is 10.8. The molecule has 0 radical (unpaired) electrons. The molecule has 0 atom stereocenters. The van der Waals surface area contributed by atoms with Crippen molar-refractivity contribution in [2.75, 3.05) is 26.4 Å². The van der Waals surface area contributed by atoms with Crippen LogP contribution in [-0.2, 0) is 0 Å². The lowest BCUT2D eigenvalue weighted by Gasteiger charge is -1.70. The molecule has 4 nitrogen and oxygen atoms in total. The van der Waals surface area contributed by atoms with Gasteiger partial charge in [0, 0.05) is 0 Å². The second kappa shape index (κ2) is 779. The molecule has 0 bridgehead atoms. The minimum Gasteiger partial charge on any atom is -0.394 e. The van der Waals surface area contributed by atoms with Crippen LogP contribution in [0.15, 0.2) is 142 Å². The highest BCUT2D eigenvalue weighted by Gasteiger charge is 1.58. The van der Waals surface area contributed by atoms with Crippen LogP contribution in [0.25, 0.3) is 0 Å². The van der Waals surface area contributed by atoms with Gasteiger partial charge in [-0.05, 0) is 34.6 Å². The van der Waals surface area contributed by atoms with Gasteiger partial charge in [-0.25, -0.2) is 0 Å². The quantitative estimate of drug-likeness (QED) is 0.285. The summed E-state index contributed by atoms with van der Waals surface area (Å²) in [5.74, 6) is 0. The normalized spacial score (nSPS) is 4.26. The van der Waals surface area contributed by atoms with Crippen molar-refractivity contribution in [3.63, 3.8) is 0 Å². The van der Waals surface area contributed by atoms with Gasteiger partial charge in [-0.1, -0.05) is 30.4 Å². The lowest BCUT2D eigenvalue weighted by molar-refractivity contribution is 0.186. The molecule has 0 amide bonds. The molecular weight excluding hydrogens is 436 g/mol. The third kappa shape index (κ3) is 25000. The van der Waals surface area contributed by atoms with E-state index in [0.29, 0.717) is 0 Å². The summed E-state index contributed by atoms with van der Waals surface area (Å²) in [5, 5.41) is 30.5. The fraction of sp³-hybridized carbons (Fsp3) is 0.290. The first-order valence-electron chi connectivity index (χ1n) is 10.2. The minimum absolute atomic E-state index is 0.125. The zero-order chi connectivity index (χ0) is 32.4. The van der Waals surface area contributed by atoms with E-state index in [1.54, 1.807) is 30.4 Å². The van der Waals surface area contributed by atoms with E-state index >= 15 is 0 Å². The van der Waals surface area contributed by atoms with Crippen LogP contribution in [0.1, 0.15) is 34.6 Å². The summed E-state index contributed by atoms with van der Waals surface area (Å²) in [6, 6.07) is 0. The van der Waals surface area contributed by atoms with Crippen molar-refractivity contribution in [3.05, 3.63) is 142 Å². The number of allylic oxidation sites excluding steroid dienone is 5. The summed E-state index contributed by atoms with van der Waals surface area (Å²) in [5.41, 5.74) is 0. The number of aliphatic hydroxyl groups is 4. The molecule has 0 unspecified atom stereocenters. The smallest absolute Gasteiger partial charge is 0.0662 e. The van der Waals surface area contributed by atoms with Gasteiger partial charge in [0.15, 0.2) is 0 Å². The van der Waals surface area contributed by atoms with Crippen molar-refractivity contribution in [3.8, 4) is 0 Å². The molecule has 0 aromatic rings. The van der Waals surface area contributed by atoms with Crippen molar-refractivity contribution < 1.29 is 20.4 Å². The average molecular weight is 503 g/mol. The summed E-state index contributed by atoms with van der Waals surface area (Å²) < 4.78 is 0. The Morgan fingerprint density at radius 3 is 0.343 bits per heavy atom. The summed E-state index contributed by atoms with van der Waals surface area (Å²) >= 11 is 0. The summed E-state index contributed by atoms with van der Waals surface area (Å²) in [6.07, 6.45) is 8.75. The molecule has 4 heteroatoms. The molecule has 0 saturated carbocycles. The Morgan fingerprint density at radius 1 is 0.314 bits per heavy atom. The zero-order valence-electron chi connectivity index (χ0n) is 24.5. The first-order valence-corrected chi connectivity index (χ1v) is 10.2. The Balaban J connectivity index is -0.0000000138. The molecule has 0 aliphatic heterocycles. The number of hydrogen-bond donors (Lipinski definition) is 4. The molecule has 0 aliphatic rings. The molecule has 0 fully saturated rings. The van der Waals surface area contributed by atoms with E-state index in [2.05, 4.69) is 112 Å². The predicted octanol–water partition coefficient (Wildman–Crippen LogP) is 8.72. The molecule has 0 saturated heterocycles. The first kappa shape index (κ1) is 85.2. The van der Waals surface area contributed by atoms with Gasteiger partial charge in [-0.2, -0.15) is 0 Å². The summed E-state index contributed by atoms with van der Waals surface area (Å²) in [6.45, 7) is 61.8. The highest BCUT2D eigenvalue weighted by molar-refractivity contribution is 4.52. The van der Waals surface area contributed by atoms with Crippen LogP contribution >= 0.6 is 0 Å². The van der Waals surface area contributed by atoms with Gasteiger partial charge in [-0.3, -0.25) is 0 Å². The SMILES string of the molecule is C=C.C=C.C=C.C=C.C=C.C=C.C=CC.C=CC.C=CC.C=CC.C=CC.OCCO.OCCO. The second-order valence-corrected chi connectivity index (χ2v) is 2.94. The van der Waals surface area contributed by atoms with E-state index in [0.717, 1.165) is 0 Å². The number of aliphatic hydroxyl groups excluding tert-OH is 4. The van der Waals surface area contributed by atoms with Crippen molar-refractivity contribution >= 4 is 0 Å². The molecule has 0 spiro atoms. The van der Waals surface area contributed by atoms with Crippen molar-refractivity contribution in [2.45, 2.75) is 34.6 Å². The maximum atomic E-state index is 7.62. The largest absolute Gasteiger partial charge is 0.394 e. The Bertz CT molecular complexity index is 182. The molecule has 0 heterocycles. The third-order valence-electron chi connectivity index (χ3n) is 0.200. The number of rotatable bonds is 2. The van der Waals surface area contributed by atoms with Crippen molar-refractivity contribution in [1.29, 1.82) is 0 Å². The van der Waals surface area contributed by atoms with Crippen LogP contribution < -0.4 is 0 Å². The van der Waals surface area contributed by atoms with E-state index < -0.39 is 0 Å². The molecule has 0 rings (SSSR count). The van der Waals surface area contributed by atoms with Crippen molar-refractivity contribution in [1.82, 2.24) is 0 Å². The van der Waals surface area contributed by atoms with Crippen LogP contribution in [0, 0.1) is 0 Å². The summed E-state index contributed by atoms with van der Waals surface area (Å²) in [7, 11) is 0. The molecule has 4 N–H and O–H groups in total. The van der Waals surface area contributed by atoms with Gasteiger partial charge in [0.05, 0.1) is 26.4 Å². The van der Waals surface area contributed by atoms with Crippen LogP contribution in [0.2, 0.25) is 0 Å². The molecule has 214 valence electrons. The van der Waals surface area contributed by atoms with Gasteiger partial charge in [0.1, 0.15) is 0 Å². The minimum atomic E-state index is -0.125. The molecule has 0 aromatic carbocycles. The first-order chi connectivity index (χ1) is 16.9. The molecular formula is C31H66O4. The van der Waals surface area contributed by atoms with Gasteiger partial charge < -0.3 is 20.4 Å². The molecule has 0 aliphatic carbocycles. The van der Waals surface area contributed by atoms with E-state index in [-0.39, 0.29) is 26.4 Å². The van der Waals surface area contributed by atoms with Crippen LogP contribution in [0.3, 0.4) is 0 Å². The van der Waals surface area contributed by atoms with E-state index in [1.807, 2.05) is 34.6 Å². The van der Waals surface area contributed by atoms with Gasteiger partial charge in [-0.15, -0.1) is 112 Å². The summed E-state index contributed by atoms with van der Waals surface area (Å²) in [4.78, 5) is 0. The second-order valence-electron chi connectivity index (χ2n) is 2.94. The van der Waals surface area contributed by atoms with E-state index in [9.17, 15) is 0 Å². The highest BCUT2D eigenvalue weighted by Crippen LogP contribution is 1.40. The maximum Gasteiger partial charge on any atom is 0.0662 e. The van der Waals surface area contributed by atoms with Crippen LogP contribution in [0.4, 0.5) is 0 Å². The fourth-order valence-corrected chi connectivity index (χ4v) is 0. The third-order valence-corrected chi connectivity index (χ3v) is 0.200. The van der Waals surface area contributed by atoms with Crippen molar-refractivity contribution in [2.24, 2.45) is 0 Å². The maximum absolute atomic E-state index is 7.62. The van der Waals surface area contributed by atoms with Gasteiger partial charge in [0.25, 0.3) is 0 Å². The standard InChI is InChI=1S/5C3H6.2C2H6O2.6C2H4/c5*1-3-2;2*3-1-2-4;6*1-2/h5*3H,1H2,2H3;2*3-4H,1-2H2;6*1-2H2. The fourth-order valence-electron chi connectivity index (χ4n) is 0. The molecule has 35 heavy (non-hydrogen) atoms. The van der Waals surface area contributed by atoms with E-state index in [4.69, 9.17) is 20.4 Å². The van der Waals surface area contributed by atoms with Crippen LogP contribution in [0.5, 0.6) is 0 Å². The number of hydrogen-bond acceptors (Lipinski definition) is 4.